The minimum atomic E-state index is -0.481. The lowest BCUT2D eigenvalue weighted by Crippen LogP contribution is -2.23. The maximum Gasteiger partial charge on any atom is 0.202 e. The Bertz CT molecular complexity index is 661. The molecule has 1 aliphatic rings. The Kier molecular flexibility index (Phi) is 4.11. The molecule has 1 aliphatic carbocycles. The summed E-state index contributed by atoms with van der Waals surface area (Å²) in [4.78, 5) is 12.4. The summed E-state index contributed by atoms with van der Waals surface area (Å²) in [7, 11) is 0. The average Bonchev–Trinajstić information content (AvgIpc) is 2.95. The third-order valence-electron chi connectivity index (χ3n) is 3.88. The highest BCUT2D eigenvalue weighted by atomic mass is 79.9. The van der Waals surface area contributed by atoms with E-state index in [4.69, 9.17) is 4.74 Å². The van der Waals surface area contributed by atoms with Crippen LogP contribution in [0.3, 0.4) is 0 Å². The van der Waals surface area contributed by atoms with Gasteiger partial charge in [-0.1, -0.05) is 34.1 Å². The topological polar surface area (TPSA) is 26.3 Å². The van der Waals surface area contributed by atoms with E-state index in [-0.39, 0.29) is 5.78 Å². The Balaban J connectivity index is 1.72. The Labute approximate surface area is 133 Å². The molecule has 0 N–H and O–H groups in total. The van der Waals surface area contributed by atoms with Crippen LogP contribution in [0, 0.1) is 0 Å². The molecule has 0 bridgehead atoms. The van der Waals surface area contributed by atoms with Crippen molar-refractivity contribution < 1.29 is 9.53 Å². The second kappa shape index (κ2) is 6.02. The average molecular weight is 345 g/mol. The van der Waals surface area contributed by atoms with E-state index in [9.17, 15) is 4.79 Å². The van der Waals surface area contributed by atoms with E-state index in [1.54, 1.807) is 6.92 Å². The molecule has 0 amide bonds. The van der Waals surface area contributed by atoms with Crippen LogP contribution in [0.25, 0.3) is 0 Å². The zero-order valence-corrected chi connectivity index (χ0v) is 13.5. The Morgan fingerprint density at radius 3 is 2.57 bits per heavy atom. The first-order valence-electron chi connectivity index (χ1n) is 7.22. The zero-order chi connectivity index (χ0) is 14.8. The molecule has 0 aliphatic heterocycles. The van der Waals surface area contributed by atoms with Crippen LogP contribution in [-0.2, 0) is 12.8 Å². The van der Waals surface area contributed by atoms with Crippen molar-refractivity contribution in [1.82, 2.24) is 0 Å². The number of ketones is 1. The van der Waals surface area contributed by atoms with Gasteiger partial charge in [0.1, 0.15) is 5.75 Å². The standard InChI is InChI=1S/C18H17BrO2/c1-12(18(20)14-5-8-16(19)9-6-14)21-17-10-7-13-3-2-4-15(13)11-17/h5-12H,2-4H2,1H3. The van der Waals surface area contributed by atoms with Crippen molar-refractivity contribution in [3.05, 3.63) is 63.6 Å². The van der Waals surface area contributed by atoms with E-state index < -0.39 is 6.10 Å². The predicted octanol–water partition coefficient (Wildman–Crippen LogP) is 4.59. The second-order valence-corrected chi connectivity index (χ2v) is 6.33. The molecule has 3 heteroatoms. The number of hydrogen-bond acceptors (Lipinski definition) is 2. The van der Waals surface area contributed by atoms with E-state index >= 15 is 0 Å². The maximum atomic E-state index is 12.4. The number of halogens is 1. The molecule has 0 saturated heterocycles. The summed E-state index contributed by atoms with van der Waals surface area (Å²) < 4.78 is 6.79. The van der Waals surface area contributed by atoms with Gasteiger partial charge in [0, 0.05) is 10.0 Å². The van der Waals surface area contributed by atoms with Crippen LogP contribution in [0.5, 0.6) is 5.75 Å². The lowest BCUT2D eigenvalue weighted by molar-refractivity contribution is 0.0818. The first kappa shape index (κ1) is 14.3. The minimum absolute atomic E-state index is 0.00278. The minimum Gasteiger partial charge on any atom is -0.483 e. The highest BCUT2D eigenvalue weighted by Crippen LogP contribution is 2.26. The van der Waals surface area contributed by atoms with Crippen molar-refractivity contribution >= 4 is 21.7 Å². The smallest absolute Gasteiger partial charge is 0.202 e. The number of rotatable bonds is 4. The molecule has 0 saturated carbocycles. The Hall–Kier alpha value is -1.61. The summed E-state index contributed by atoms with van der Waals surface area (Å²) in [5.41, 5.74) is 3.44. The number of carbonyl (C=O) groups is 1. The molecule has 2 aromatic rings. The van der Waals surface area contributed by atoms with Gasteiger partial charge in [0.05, 0.1) is 0 Å². The molecular weight excluding hydrogens is 328 g/mol. The summed E-state index contributed by atoms with van der Waals surface area (Å²) in [5.74, 6) is 0.789. The van der Waals surface area contributed by atoms with Crippen LogP contribution in [-0.4, -0.2) is 11.9 Å². The van der Waals surface area contributed by atoms with Crippen LogP contribution in [0.2, 0.25) is 0 Å². The van der Waals surface area contributed by atoms with Crippen LogP contribution in [0.1, 0.15) is 34.8 Å². The van der Waals surface area contributed by atoms with E-state index in [2.05, 4.69) is 28.1 Å². The third-order valence-corrected chi connectivity index (χ3v) is 4.41. The third kappa shape index (κ3) is 3.18. The van der Waals surface area contributed by atoms with Gasteiger partial charge in [0.15, 0.2) is 6.10 Å². The molecule has 108 valence electrons. The molecule has 3 rings (SSSR count). The normalized spacial score (nSPS) is 14.6. The number of Topliss-reactive ketones (excluding diaryl/α,β-unsaturated/α-hetero) is 1. The van der Waals surface area contributed by atoms with E-state index in [1.165, 1.54) is 17.5 Å². The molecule has 0 spiro atoms. The predicted molar refractivity (Wildman–Crippen MR) is 87.0 cm³/mol. The highest BCUT2D eigenvalue weighted by Gasteiger charge is 2.18. The quantitative estimate of drug-likeness (QED) is 0.758. The van der Waals surface area contributed by atoms with Crippen LogP contribution >= 0.6 is 15.9 Å². The van der Waals surface area contributed by atoms with Crippen molar-refractivity contribution in [3.8, 4) is 5.75 Å². The molecule has 0 fully saturated rings. The molecule has 1 unspecified atom stereocenters. The highest BCUT2D eigenvalue weighted by molar-refractivity contribution is 9.10. The fourth-order valence-corrected chi connectivity index (χ4v) is 2.99. The van der Waals surface area contributed by atoms with Crippen molar-refractivity contribution in [2.75, 3.05) is 0 Å². The Morgan fingerprint density at radius 2 is 1.81 bits per heavy atom. The fourth-order valence-electron chi connectivity index (χ4n) is 2.73. The van der Waals surface area contributed by atoms with Crippen molar-refractivity contribution in [2.24, 2.45) is 0 Å². The van der Waals surface area contributed by atoms with E-state index in [0.29, 0.717) is 5.56 Å². The van der Waals surface area contributed by atoms with Gasteiger partial charge in [-0.2, -0.15) is 0 Å². The number of carbonyl (C=O) groups excluding carboxylic acids is 1. The van der Waals surface area contributed by atoms with Gasteiger partial charge in [0.2, 0.25) is 5.78 Å². The van der Waals surface area contributed by atoms with Gasteiger partial charge in [-0.05, 0) is 61.6 Å². The van der Waals surface area contributed by atoms with Gasteiger partial charge in [-0.3, -0.25) is 4.79 Å². The largest absolute Gasteiger partial charge is 0.483 e. The second-order valence-electron chi connectivity index (χ2n) is 5.42. The maximum absolute atomic E-state index is 12.4. The lowest BCUT2D eigenvalue weighted by atomic mass is 10.1. The van der Waals surface area contributed by atoms with Crippen LogP contribution in [0.15, 0.2) is 46.9 Å². The SMILES string of the molecule is CC(Oc1ccc2c(c1)CCC2)C(=O)c1ccc(Br)cc1. The first-order chi connectivity index (χ1) is 10.1. The number of fused-ring (bicyclic) bond motifs is 1. The molecule has 21 heavy (non-hydrogen) atoms. The van der Waals surface area contributed by atoms with E-state index in [1.807, 2.05) is 30.3 Å². The number of ether oxygens (including phenoxy) is 1. The fraction of sp³-hybridized carbons (Fsp3) is 0.278. The van der Waals surface area contributed by atoms with Gasteiger partial charge in [-0.25, -0.2) is 0 Å². The molecule has 0 heterocycles. The summed E-state index contributed by atoms with van der Waals surface area (Å²) >= 11 is 3.37. The zero-order valence-electron chi connectivity index (χ0n) is 11.9. The number of hydrogen-bond donors (Lipinski definition) is 0. The molecule has 0 aromatic heterocycles. The van der Waals surface area contributed by atoms with Gasteiger partial charge in [-0.15, -0.1) is 0 Å². The van der Waals surface area contributed by atoms with Crippen LogP contribution in [0.4, 0.5) is 0 Å². The van der Waals surface area contributed by atoms with Crippen molar-refractivity contribution in [1.29, 1.82) is 0 Å². The first-order valence-corrected chi connectivity index (χ1v) is 8.01. The van der Waals surface area contributed by atoms with Crippen molar-refractivity contribution in [3.63, 3.8) is 0 Å². The summed E-state index contributed by atoms with van der Waals surface area (Å²) in [6, 6.07) is 13.5. The molecule has 1 atom stereocenters. The van der Waals surface area contributed by atoms with Gasteiger partial charge in [0.25, 0.3) is 0 Å². The summed E-state index contributed by atoms with van der Waals surface area (Å²) in [5, 5.41) is 0. The van der Waals surface area contributed by atoms with Crippen molar-refractivity contribution in [2.45, 2.75) is 32.3 Å². The van der Waals surface area contributed by atoms with Gasteiger partial charge >= 0.3 is 0 Å². The molecular formula is C18H17BrO2. The van der Waals surface area contributed by atoms with Gasteiger partial charge < -0.3 is 4.74 Å². The lowest BCUT2D eigenvalue weighted by Gasteiger charge is -2.14. The monoisotopic (exact) mass is 344 g/mol. The Morgan fingerprint density at radius 1 is 1.10 bits per heavy atom. The van der Waals surface area contributed by atoms with Crippen LogP contribution < -0.4 is 4.74 Å². The summed E-state index contributed by atoms with van der Waals surface area (Å²) in [6.07, 6.45) is 3.00. The molecule has 2 aromatic carbocycles. The molecule has 2 nitrogen and oxygen atoms in total. The summed E-state index contributed by atoms with van der Waals surface area (Å²) in [6.45, 7) is 1.80. The number of aryl methyl sites for hydroxylation is 2. The number of benzene rings is 2. The van der Waals surface area contributed by atoms with E-state index in [0.717, 1.165) is 23.1 Å². The molecule has 0 radical (unpaired) electrons.